The van der Waals surface area contributed by atoms with Crippen molar-refractivity contribution in [2.24, 2.45) is 0 Å². The van der Waals surface area contributed by atoms with Gasteiger partial charge in [0.25, 0.3) is 0 Å². The molecule has 1 heterocycles. The van der Waals surface area contributed by atoms with Crippen LogP contribution in [0.15, 0.2) is 48.5 Å². The van der Waals surface area contributed by atoms with Gasteiger partial charge < -0.3 is 15.6 Å². The van der Waals surface area contributed by atoms with Crippen LogP contribution >= 0.6 is 0 Å². The second kappa shape index (κ2) is 6.82. The van der Waals surface area contributed by atoms with E-state index in [1.165, 1.54) is 0 Å². The molecule has 0 saturated heterocycles. The van der Waals surface area contributed by atoms with Gasteiger partial charge in [0.05, 0.1) is 17.6 Å². The zero-order valence-corrected chi connectivity index (χ0v) is 13.1. The second-order valence-electron chi connectivity index (χ2n) is 5.33. The van der Waals surface area contributed by atoms with Gasteiger partial charge >= 0.3 is 6.03 Å². The largest absolute Gasteiger partial charge is 0.329 e. The van der Waals surface area contributed by atoms with Crippen molar-refractivity contribution in [1.82, 2.24) is 15.3 Å². The van der Waals surface area contributed by atoms with Gasteiger partial charge in [-0.05, 0) is 36.8 Å². The van der Waals surface area contributed by atoms with Gasteiger partial charge in [0.1, 0.15) is 0 Å². The van der Waals surface area contributed by atoms with E-state index in [-0.39, 0.29) is 12.5 Å². The molecule has 0 aliphatic carbocycles. The molecule has 0 unspecified atom stereocenters. The predicted octanol–water partition coefficient (Wildman–Crippen LogP) is 2.63. The van der Waals surface area contributed by atoms with Crippen LogP contribution in [0.3, 0.4) is 0 Å². The van der Waals surface area contributed by atoms with Crippen LogP contribution in [0.1, 0.15) is 5.56 Å². The number of hydrogen-bond acceptors (Lipinski definition) is 3. The zero-order valence-electron chi connectivity index (χ0n) is 13.1. The third-order valence-electron chi connectivity index (χ3n) is 3.33. The fraction of sp³-hybridized carbons (Fsp3) is 0.118. The lowest BCUT2D eigenvalue weighted by atomic mass is 10.2. The molecule has 0 fully saturated rings. The number of anilines is 2. The van der Waals surface area contributed by atoms with E-state index in [0.717, 1.165) is 16.6 Å². The van der Waals surface area contributed by atoms with Crippen molar-refractivity contribution < 1.29 is 9.59 Å². The average Bonchev–Trinajstić information content (AvgIpc) is 2.95. The number of benzene rings is 2. The number of fused-ring (bicyclic) bond motifs is 1. The predicted molar refractivity (Wildman–Crippen MR) is 92.9 cm³/mol. The Morgan fingerprint density at radius 3 is 2.71 bits per heavy atom. The Morgan fingerprint density at radius 1 is 1.08 bits per heavy atom. The summed E-state index contributed by atoms with van der Waals surface area (Å²) in [6.45, 7) is 1.78. The molecule has 122 valence electrons. The molecule has 0 atom stereocenters. The first-order valence-electron chi connectivity index (χ1n) is 7.46. The van der Waals surface area contributed by atoms with Crippen molar-refractivity contribution in [3.05, 3.63) is 54.1 Å². The number of imidazole rings is 1. The highest BCUT2D eigenvalue weighted by Gasteiger charge is 2.08. The van der Waals surface area contributed by atoms with E-state index >= 15 is 0 Å². The third-order valence-corrected chi connectivity index (χ3v) is 3.33. The van der Waals surface area contributed by atoms with Crippen LogP contribution < -0.4 is 16.0 Å². The molecule has 0 saturated carbocycles. The summed E-state index contributed by atoms with van der Waals surface area (Å²) in [4.78, 5) is 30.9. The Hall–Kier alpha value is -3.35. The Bertz CT molecular complexity index is 854. The highest BCUT2D eigenvalue weighted by atomic mass is 16.2. The summed E-state index contributed by atoms with van der Waals surface area (Å²) >= 11 is 0. The summed E-state index contributed by atoms with van der Waals surface area (Å²) in [6, 6.07) is 14.4. The molecule has 4 N–H and O–H groups in total. The monoisotopic (exact) mass is 323 g/mol. The van der Waals surface area contributed by atoms with Gasteiger partial charge in [-0.15, -0.1) is 0 Å². The van der Waals surface area contributed by atoms with E-state index in [0.29, 0.717) is 11.6 Å². The molecule has 3 rings (SSSR count). The quantitative estimate of drug-likeness (QED) is 0.594. The molecule has 1 aromatic heterocycles. The second-order valence-corrected chi connectivity index (χ2v) is 5.33. The molecule has 0 bridgehead atoms. The number of para-hydroxylation sites is 2. The summed E-state index contributed by atoms with van der Waals surface area (Å²) in [5.74, 6) is -0.0180. The van der Waals surface area contributed by atoms with Crippen molar-refractivity contribution in [3.63, 3.8) is 0 Å². The van der Waals surface area contributed by atoms with Crippen LogP contribution in [0, 0.1) is 6.92 Å². The molecule has 7 nitrogen and oxygen atoms in total. The van der Waals surface area contributed by atoms with Crippen LogP contribution in [-0.4, -0.2) is 28.5 Å². The molecule has 0 aliphatic heterocycles. The lowest BCUT2D eigenvalue weighted by molar-refractivity contribution is -0.115. The van der Waals surface area contributed by atoms with Crippen molar-refractivity contribution in [2.45, 2.75) is 6.92 Å². The molecule has 3 aromatic rings. The van der Waals surface area contributed by atoms with Crippen LogP contribution in [0.25, 0.3) is 11.0 Å². The van der Waals surface area contributed by atoms with Crippen LogP contribution in [0.2, 0.25) is 0 Å². The molecule has 24 heavy (non-hydrogen) atoms. The number of carbonyl (C=O) groups excluding carboxylic acids is 2. The van der Waals surface area contributed by atoms with Crippen LogP contribution in [0.5, 0.6) is 0 Å². The number of amides is 3. The number of hydrogen-bond donors (Lipinski definition) is 4. The SMILES string of the molecule is Cc1cccc(NC(=O)NCC(=O)Nc2nc3ccccc3[nH]2)c1. The van der Waals surface area contributed by atoms with E-state index in [2.05, 4.69) is 25.9 Å². The molecular weight excluding hydrogens is 306 g/mol. The van der Waals surface area contributed by atoms with E-state index in [1.807, 2.05) is 49.4 Å². The Balaban J connectivity index is 1.50. The Kier molecular flexibility index (Phi) is 4.42. The normalized spacial score (nSPS) is 10.4. The fourth-order valence-corrected chi connectivity index (χ4v) is 2.25. The first kappa shape index (κ1) is 15.5. The van der Waals surface area contributed by atoms with E-state index < -0.39 is 6.03 Å². The summed E-state index contributed by atoms with van der Waals surface area (Å²) in [5, 5.41) is 7.78. The molecule has 0 aliphatic rings. The fourth-order valence-electron chi connectivity index (χ4n) is 2.25. The maximum atomic E-state index is 11.9. The van der Waals surface area contributed by atoms with Crippen LogP contribution in [0.4, 0.5) is 16.4 Å². The molecule has 0 spiro atoms. The Morgan fingerprint density at radius 2 is 1.92 bits per heavy atom. The third kappa shape index (κ3) is 3.89. The maximum absolute atomic E-state index is 11.9. The number of aromatic nitrogens is 2. The number of nitrogens with zero attached hydrogens (tertiary/aromatic N) is 1. The number of H-pyrrole nitrogens is 1. The summed E-state index contributed by atoms with van der Waals surface area (Å²) in [5.41, 5.74) is 3.30. The van der Waals surface area contributed by atoms with Gasteiger partial charge in [0, 0.05) is 5.69 Å². The topological polar surface area (TPSA) is 98.9 Å². The summed E-state index contributed by atoms with van der Waals surface area (Å²) < 4.78 is 0. The molecule has 2 aromatic carbocycles. The van der Waals surface area contributed by atoms with Gasteiger partial charge in [-0.1, -0.05) is 24.3 Å². The minimum absolute atomic E-state index is 0.158. The minimum Gasteiger partial charge on any atom is -0.329 e. The summed E-state index contributed by atoms with van der Waals surface area (Å²) in [7, 11) is 0. The number of nitrogens with one attached hydrogen (secondary N) is 4. The standard InChI is InChI=1S/C17H17N5O2/c1-11-5-4-6-12(9-11)19-17(24)18-10-15(23)22-16-20-13-7-2-3-8-14(13)21-16/h2-9H,10H2,1H3,(H2,18,19,24)(H2,20,21,22,23). The van der Waals surface area contributed by atoms with E-state index in [4.69, 9.17) is 0 Å². The van der Waals surface area contributed by atoms with E-state index in [1.54, 1.807) is 6.07 Å². The number of carbonyl (C=O) groups is 2. The van der Waals surface area contributed by atoms with Crippen LogP contribution in [-0.2, 0) is 4.79 Å². The lowest BCUT2D eigenvalue weighted by Crippen LogP contribution is -2.35. The van der Waals surface area contributed by atoms with Gasteiger partial charge in [-0.3, -0.25) is 10.1 Å². The maximum Gasteiger partial charge on any atom is 0.319 e. The van der Waals surface area contributed by atoms with Crippen molar-refractivity contribution >= 4 is 34.6 Å². The number of aromatic amines is 1. The van der Waals surface area contributed by atoms with Gasteiger partial charge in [-0.25, -0.2) is 9.78 Å². The Labute approximate surface area is 138 Å². The smallest absolute Gasteiger partial charge is 0.319 e. The number of urea groups is 1. The van der Waals surface area contributed by atoms with E-state index in [9.17, 15) is 9.59 Å². The highest BCUT2D eigenvalue weighted by Crippen LogP contribution is 2.13. The number of rotatable bonds is 4. The molecular formula is C17H17N5O2. The lowest BCUT2D eigenvalue weighted by Gasteiger charge is -2.07. The van der Waals surface area contributed by atoms with Crippen molar-refractivity contribution in [3.8, 4) is 0 Å². The molecule has 7 heteroatoms. The molecule has 0 radical (unpaired) electrons. The number of aryl methyl sites for hydroxylation is 1. The van der Waals surface area contributed by atoms with Gasteiger partial charge in [-0.2, -0.15) is 0 Å². The summed E-state index contributed by atoms with van der Waals surface area (Å²) in [6.07, 6.45) is 0. The van der Waals surface area contributed by atoms with Gasteiger partial charge in [0.2, 0.25) is 11.9 Å². The molecule has 3 amide bonds. The van der Waals surface area contributed by atoms with Gasteiger partial charge in [0.15, 0.2) is 0 Å². The first-order chi connectivity index (χ1) is 11.6. The van der Waals surface area contributed by atoms with Crippen molar-refractivity contribution in [1.29, 1.82) is 0 Å². The van der Waals surface area contributed by atoms with Crippen molar-refractivity contribution in [2.75, 3.05) is 17.2 Å². The average molecular weight is 323 g/mol. The minimum atomic E-state index is -0.444. The highest BCUT2D eigenvalue weighted by molar-refractivity contribution is 5.96. The zero-order chi connectivity index (χ0) is 16.9. The first-order valence-corrected chi connectivity index (χ1v) is 7.46.